The number of rotatable bonds is 5. The zero-order valence-electron chi connectivity index (χ0n) is 17.2. The molecule has 1 saturated heterocycles. The molecule has 2 heterocycles. The van der Waals surface area contributed by atoms with Crippen molar-refractivity contribution in [2.45, 2.75) is 25.8 Å². The average Bonchev–Trinajstić information content (AvgIpc) is 3.43. The van der Waals surface area contributed by atoms with Crippen molar-refractivity contribution in [2.75, 3.05) is 26.1 Å². The third kappa shape index (κ3) is 3.80. The topological polar surface area (TPSA) is 89.7 Å². The molecule has 8 heteroatoms. The fourth-order valence-electron chi connectivity index (χ4n) is 3.68. The molecule has 8 nitrogen and oxygen atoms in total. The van der Waals surface area contributed by atoms with Crippen LogP contribution in [0.5, 0.6) is 11.5 Å². The quantitative estimate of drug-likeness (QED) is 0.672. The van der Waals surface area contributed by atoms with E-state index in [2.05, 4.69) is 15.5 Å². The first kappa shape index (κ1) is 19.8. The van der Waals surface area contributed by atoms with Gasteiger partial charge in [-0.1, -0.05) is 23.4 Å². The molecule has 3 aromatic rings. The van der Waals surface area contributed by atoms with Crippen molar-refractivity contribution < 1.29 is 18.8 Å². The van der Waals surface area contributed by atoms with Crippen LogP contribution in [0.1, 0.15) is 30.3 Å². The normalized spacial score (nSPS) is 15.8. The molecule has 1 fully saturated rings. The van der Waals surface area contributed by atoms with Crippen molar-refractivity contribution >= 4 is 11.7 Å². The molecular weight excluding hydrogens is 384 g/mol. The molecule has 30 heavy (non-hydrogen) atoms. The number of benzene rings is 2. The Morgan fingerprint density at radius 2 is 1.97 bits per heavy atom. The minimum absolute atomic E-state index is 0.224. The van der Waals surface area contributed by atoms with Crippen molar-refractivity contribution in [3.8, 4) is 22.9 Å². The maximum atomic E-state index is 13.0. The van der Waals surface area contributed by atoms with Crippen LogP contribution in [0.3, 0.4) is 0 Å². The summed E-state index contributed by atoms with van der Waals surface area (Å²) >= 11 is 0. The van der Waals surface area contributed by atoms with Gasteiger partial charge >= 0.3 is 6.03 Å². The van der Waals surface area contributed by atoms with Gasteiger partial charge in [-0.3, -0.25) is 0 Å². The number of anilines is 1. The summed E-state index contributed by atoms with van der Waals surface area (Å²) in [6, 6.07) is 12.6. The molecule has 1 atom stereocenters. The van der Waals surface area contributed by atoms with Gasteiger partial charge in [0.25, 0.3) is 0 Å². The lowest BCUT2D eigenvalue weighted by Gasteiger charge is -2.23. The van der Waals surface area contributed by atoms with Crippen LogP contribution in [-0.2, 0) is 0 Å². The maximum absolute atomic E-state index is 13.0. The maximum Gasteiger partial charge on any atom is 0.322 e. The summed E-state index contributed by atoms with van der Waals surface area (Å²) < 4.78 is 16.3. The van der Waals surface area contributed by atoms with Crippen molar-refractivity contribution in [3.05, 3.63) is 53.9 Å². The molecule has 0 unspecified atom stereocenters. The first-order chi connectivity index (χ1) is 14.6. The van der Waals surface area contributed by atoms with Gasteiger partial charge < -0.3 is 24.2 Å². The lowest BCUT2D eigenvalue weighted by Crippen LogP contribution is -2.34. The zero-order valence-corrected chi connectivity index (χ0v) is 17.2. The first-order valence-electron chi connectivity index (χ1n) is 9.80. The number of ether oxygens (including phenoxy) is 2. The molecule has 156 valence electrons. The minimum atomic E-state index is -0.281. The molecule has 0 radical (unpaired) electrons. The minimum Gasteiger partial charge on any atom is -0.496 e. The largest absolute Gasteiger partial charge is 0.496 e. The molecular formula is C22H24N4O4. The van der Waals surface area contributed by atoms with Gasteiger partial charge in [0.1, 0.15) is 17.5 Å². The number of hydrogen-bond donors (Lipinski definition) is 1. The highest BCUT2D eigenvalue weighted by atomic mass is 16.5. The Labute approximate surface area is 174 Å². The number of carbonyl (C=O) groups excluding carboxylic acids is 1. The number of methoxy groups -OCH3 is 2. The van der Waals surface area contributed by atoms with E-state index in [1.807, 2.05) is 49.4 Å². The number of carbonyl (C=O) groups is 1. The number of aromatic nitrogens is 2. The summed E-state index contributed by atoms with van der Waals surface area (Å²) in [4.78, 5) is 19.3. The van der Waals surface area contributed by atoms with Crippen LogP contribution in [0.4, 0.5) is 10.5 Å². The molecule has 0 bridgehead atoms. The summed E-state index contributed by atoms with van der Waals surface area (Å²) in [5, 5.41) is 7.06. The van der Waals surface area contributed by atoms with E-state index in [1.165, 1.54) is 0 Å². The lowest BCUT2D eigenvalue weighted by atomic mass is 10.2. The second kappa shape index (κ2) is 8.44. The number of urea groups is 1. The van der Waals surface area contributed by atoms with E-state index < -0.39 is 0 Å². The van der Waals surface area contributed by atoms with Crippen molar-refractivity contribution in [1.29, 1.82) is 0 Å². The van der Waals surface area contributed by atoms with Crippen LogP contribution in [0, 0.1) is 6.92 Å². The van der Waals surface area contributed by atoms with Crippen molar-refractivity contribution in [3.63, 3.8) is 0 Å². The fraction of sp³-hybridized carbons (Fsp3) is 0.318. The second-order valence-electron chi connectivity index (χ2n) is 7.14. The number of nitrogens with zero attached hydrogens (tertiary/aromatic N) is 3. The number of aryl methyl sites for hydroxylation is 1. The third-order valence-corrected chi connectivity index (χ3v) is 5.18. The van der Waals surface area contributed by atoms with Gasteiger partial charge in [-0.2, -0.15) is 4.98 Å². The first-order valence-corrected chi connectivity index (χ1v) is 9.80. The Morgan fingerprint density at radius 3 is 2.77 bits per heavy atom. The van der Waals surface area contributed by atoms with Crippen LogP contribution in [0.25, 0.3) is 11.4 Å². The molecule has 4 rings (SSSR count). The predicted octanol–water partition coefficient (Wildman–Crippen LogP) is 4.43. The Kier molecular flexibility index (Phi) is 5.56. The summed E-state index contributed by atoms with van der Waals surface area (Å²) in [6.07, 6.45) is 1.61. The standard InChI is InChI=1S/C22H24N4O4/c1-14-10-11-19(29-3)16(13-14)23-22(27)26-12-6-8-17(26)21-24-20(25-30-21)15-7-4-5-9-18(15)28-2/h4-5,7,9-11,13,17H,6,8,12H2,1-3H3,(H,23,27)/t17-/m1/s1. The highest BCUT2D eigenvalue weighted by molar-refractivity contribution is 5.91. The van der Waals surface area contributed by atoms with Crippen molar-refractivity contribution in [2.24, 2.45) is 0 Å². The van der Waals surface area contributed by atoms with E-state index in [0.29, 0.717) is 35.4 Å². The Bertz CT molecular complexity index is 1050. The Balaban J connectivity index is 1.55. The van der Waals surface area contributed by atoms with Crippen LogP contribution in [-0.4, -0.2) is 41.8 Å². The molecule has 2 aromatic carbocycles. The number of hydrogen-bond acceptors (Lipinski definition) is 6. The van der Waals surface area contributed by atoms with Gasteiger partial charge in [0, 0.05) is 6.54 Å². The van der Waals surface area contributed by atoms with Gasteiger partial charge in [0.2, 0.25) is 11.7 Å². The van der Waals surface area contributed by atoms with Crippen LogP contribution >= 0.6 is 0 Å². The fourth-order valence-corrected chi connectivity index (χ4v) is 3.68. The molecule has 1 aromatic heterocycles. The number of nitrogens with one attached hydrogen (secondary N) is 1. The highest BCUT2D eigenvalue weighted by Gasteiger charge is 2.34. The number of para-hydroxylation sites is 1. The summed E-state index contributed by atoms with van der Waals surface area (Å²) in [7, 11) is 3.18. The predicted molar refractivity (Wildman–Crippen MR) is 112 cm³/mol. The highest BCUT2D eigenvalue weighted by Crippen LogP contribution is 2.35. The van der Waals surface area contributed by atoms with E-state index in [-0.39, 0.29) is 12.1 Å². The Hall–Kier alpha value is -3.55. The van der Waals surface area contributed by atoms with Gasteiger partial charge in [0.15, 0.2) is 0 Å². The monoisotopic (exact) mass is 408 g/mol. The molecule has 1 N–H and O–H groups in total. The van der Waals surface area contributed by atoms with Gasteiger partial charge in [-0.15, -0.1) is 0 Å². The lowest BCUT2D eigenvalue weighted by molar-refractivity contribution is 0.193. The van der Waals surface area contributed by atoms with Crippen LogP contribution in [0.2, 0.25) is 0 Å². The van der Waals surface area contributed by atoms with E-state index in [4.69, 9.17) is 14.0 Å². The van der Waals surface area contributed by atoms with E-state index >= 15 is 0 Å². The van der Waals surface area contributed by atoms with Gasteiger partial charge in [-0.05, 0) is 49.6 Å². The van der Waals surface area contributed by atoms with Crippen LogP contribution in [0.15, 0.2) is 47.0 Å². The molecule has 1 aliphatic heterocycles. The smallest absolute Gasteiger partial charge is 0.322 e. The summed E-state index contributed by atoms with van der Waals surface area (Å²) in [5.41, 5.74) is 2.41. The van der Waals surface area contributed by atoms with E-state index in [1.54, 1.807) is 19.1 Å². The van der Waals surface area contributed by atoms with Gasteiger partial charge in [0.05, 0.1) is 25.5 Å². The van der Waals surface area contributed by atoms with Crippen molar-refractivity contribution in [1.82, 2.24) is 15.0 Å². The summed E-state index contributed by atoms with van der Waals surface area (Å²) in [6.45, 7) is 2.57. The van der Waals surface area contributed by atoms with E-state index in [0.717, 1.165) is 24.0 Å². The molecule has 0 aliphatic carbocycles. The SMILES string of the molecule is COc1ccc(C)cc1NC(=O)N1CCC[C@@H]1c1nc(-c2ccccc2OC)no1. The molecule has 1 aliphatic rings. The van der Waals surface area contributed by atoms with Gasteiger partial charge in [-0.25, -0.2) is 4.79 Å². The average molecular weight is 408 g/mol. The Morgan fingerprint density at radius 1 is 1.17 bits per heavy atom. The second-order valence-corrected chi connectivity index (χ2v) is 7.14. The molecule has 0 saturated carbocycles. The third-order valence-electron chi connectivity index (χ3n) is 5.18. The number of amides is 2. The molecule has 2 amide bonds. The zero-order chi connectivity index (χ0) is 21.1. The number of likely N-dealkylation sites (tertiary alicyclic amines) is 1. The molecule has 0 spiro atoms. The van der Waals surface area contributed by atoms with Crippen LogP contribution < -0.4 is 14.8 Å². The van der Waals surface area contributed by atoms with E-state index in [9.17, 15) is 4.79 Å². The summed E-state index contributed by atoms with van der Waals surface area (Å²) in [5.74, 6) is 2.13.